The SMILES string of the molecule is Cc1ccc(C(=O)NCCc2csc3nc(C)nn23)cc1. The lowest BCUT2D eigenvalue weighted by Crippen LogP contribution is -2.25. The molecule has 0 spiro atoms. The fraction of sp³-hybridized carbons (Fsp3) is 0.267. The molecule has 0 saturated carbocycles. The van der Waals surface area contributed by atoms with E-state index in [-0.39, 0.29) is 5.91 Å². The summed E-state index contributed by atoms with van der Waals surface area (Å²) in [4.78, 5) is 17.2. The van der Waals surface area contributed by atoms with Gasteiger partial charge in [0.05, 0.1) is 5.69 Å². The molecule has 0 unspecified atom stereocenters. The topological polar surface area (TPSA) is 59.3 Å². The first-order chi connectivity index (χ1) is 10.1. The smallest absolute Gasteiger partial charge is 0.251 e. The summed E-state index contributed by atoms with van der Waals surface area (Å²) in [6.45, 7) is 4.46. The summed E-state index contributed by atoms with van der Waals surface area (Å²) in [7, 11) is 0. The van der Waals surface area contributed by atoms with E-state index in [1.165, 1.54) is 0 Å². The van der Waals surface area contributed by atoms with Crippen molar-refractivity contribution in [3.8, 4) is 0 Å². The van der Waals surface area contributed by atoms with E-state index < -0.39 is 0 Å². The number of aromatic nitrogens is 3. The molecular weight excluding hydrogens is 284 g/mol. The number of nitrogens with one attached hydrogen (secondary N) is 1. The normalized spacial score (nSPS) is 11.0. The number of hydrogen-bond donors (Lipinski definition) is 1. The molecule has 0 fully saturated rings. The van der Waals surface area contributed by atoms with Crippen LogP contribution in [-0.2, 0) is 6.42 Å². The monoisotopic (exact) mass is 300 g/mol. The number of fused-ring (bicyclic) bond motifs is 1. The molecule has 0 bridgehead atoms. The van der Waals surface area contributed by atoms with E-state index in [1.54, 1.807) is 11.3 Å². The highest BCUT2D eigenvalue weighted by Gasteiger charge is 2.09. The number of rotatable bonds is 4. The van der Waals surface area contributed by atoms with Crippen LogP contribution in [0.4, 0.5) is 0 Å². The lowest BCUT2D eigenvalue weighted by atomic mass is 10.1. The van der Waals surface area contributed by atoms with Crippen LogP contribution in [-0.4, -0.2) is 27.0 Å². The van der Waals surface area contributed by atoms with Gasteiger partial charge < -0.3 is 5.32 Å². The lowest BCUT2D eigenvalue weighted by molar-refractivity contribution is 0.0954. The summed E-state index contributed by atoms with van der Waals surface area (Å²) in [5, 5.41) is 9.31. The van der Waals surface area contributed by atoms with Crippen molar-refractivity contribution in [1.29, 1.82) is 0 Å². The maximum absolute atomic E-state index is 12.0. The molecule has 3 aromatic rings. The van der Waals surface area contributed by atoms with Crippen LogP contribution in [0, 0.1) is 13.8 Å². The van der Waals surface area contributed by atoms with Crippen molar-refractivity contribution in [3.63, 3.8) is 0 Å². The minimum absolute atomic E-state index is 0.0451. The van der Waals surface area contributed by atoms with E-state index in [2.05, 4.69) is 15.4 Å². The average Bonchev–Trinajstić information content (AvgIpc) is 2.99. The van der Waals surface area contributed by atoms with Gasteiger partial charge in [0.2, 0.25) is 4.96 Å². The molecule has 1 amide bonds. The lowest BCUT2D eigenvalue weighted by Gasteiger charge is -2.05. The fourth-order valence-corrected chi connectivity index (χ4v) is 3.01. The van der Waals surface area contributed by atoms with Gasteiger partial charge in [0.25, 0.3) is 5.91 Å². The van der Waals surface area contributed by atoms with Gasteiger partial charge in [-0.3, -0.25) is 4.79 Å². The van der Waals surface area contributed by atoms with Crippen LogP contribution in [0.2, 0.25) is 0 Å². The van der Waals surface area contributed by atoms with Gasteiger partial charge in [0.15, 0.2) is 0 Å². The zero-order chi connectivity index (χ0) is 14.8. The molecule has 1 N–H and O–H groups in total. The molecule has 0 radical (unpaired) electrons. The Labute approximate surface area is 126 Å². The second kappa shape index (κ2) is 5.65. The molecule has 21 heavy (non-hydrogen) atoms. The van der Waals surface area contributed by atoms with E-state index in [1.807, 2.05) is 48.0 Å². The number of nitrogens with zero attached hydrogens (tertiary/aromatic N) is 3. The van der Waals surface area contributed by atoms with Gasteiger partial charge >= 0.3 is 0 Å². The number of carbonyl (C=O) groups is 1. The van der Waals surface area contributed by atoms with Gasteiger partial charge in [-0.1, -0.05) is 17.7 Å². The molecule has 0 aliphatic rings. The molecule has 6 heteroatoms. The average molecular weight is 300 g/mol. The summed E-state index contributed by atoms with van der Waals surface area (Å²) in [5.41, 5.74) is 2.90. The first kappa shape index (κ1) is 13.8. The highest BCUT2D eigenvalue weighted by molar-refractivity contribution is 7.15. The molecular formula is C15H16N4OS. The standard InChI is InChI=1S/C15H16N4OS/c1-10-3-5-12(6-4-10)14(20)16-8-7-13-9-21-15-17-11(2)18-19(13)15/h3-6,9H,7-8H2,1-2H3,(H,16,20). The molecule has 0 aliphatic heterocycles. The Morgan fingerprint density at radius 3 is 2.81 bits per heavy atom. The van der Waals surface area contributed by atoms with Crippen LogP contribution < -0.4 is 5.32 Å². The van der Waals surface area contributed by atoms with Gasteiger partial charge in [-0.2, -0.15) is 5.10 Å². The Morgan fingerprint density at radius 1 is 1.29 bits per heavy atom. The van der Waals surface area contributed by atoms with Crippen LogP contribution in [0.1, 0.15) is 27.4 Å². The highest BCUT2D eigenvalue weighted by Crippen LogP contribution is 2.14. The number of amides is 1. The van der Waals surface area contributed by atoms with Gasteiger partial charge in [0.1, 0.15) is 5.82 Å². The quantitative estimate of drug-likeness (QED) is 0.805. The van der Waals surface area contributed by atoms with Crippen LogP contribution in [0.3, 0.4) is 0 Å². The maximum Gasteiger partial charge on any atom is 0.251 e. The summed E-state index contributed by atoms with van der Waals surface area (Å²) in [6, 6.07) is 7.56. The third-order valence-electron chi connectivity index (χ3n) is 3.24. The van der Waals surface area contributed by atoms with E-state index in [0.717, 1.165) is 28.5 Å². The van der Waals surface area contributed by atoms with Gasteiger partial charge in [-0.25, -0.2) is 9.50 Å². The zero-order valence-electron chi connectivity index (χ0n) is 12.0. The predicted molar refractivity (Wildman–Crippen MR) is 82.8 cm³/mol. The molecule has 108 valence electrons. The van der Waals surface area contributed by atoms with E-state index in [0.29, 0.717) is 12.1 Å². The number of benzene rings is 1. The zero-order valence-corrected chi connectivity index (χ0v) is 12.8. The van der Waals surface area contributed by atoms with Gasteiger partial charge in [-0.05, 0) is 26.0 Å². The molecule has 2 aromatic heterocycles. The summed E-state index contributed by atoms with van der Waals surface area (Å²) in [5.74, 6) is 0.725. The van der Waals surface area contributed by atoms with Crippen molar-refractivity contribution in [1.82, 2.24) is 19.9 Å². The van der Waals surface area contributed by atoms with E-state index in [4.69, 9.17) is 0 Å². The largest absolute Gasteiger partial charge is 0.352 e. The predicted octanol–water partition coefficient (Wildman–Crippen LogP) is 2.38. The third kappa shape index (κ3) is 2.95. The summed E-state index contributed by atoms with van der Waals surface area (Å²) < 4.78 is 1.85. The molecule has 0 atom stereocenters. The minimum atomic E-state index is -0.0451. The minimum Gasteiger partial charge on any atom is -0.352 e. The van der Waals surface area contributed by atoms with E-state index >= 15 is 0 Å². The Balaban J connectivity index is 1.60. The number of carbonyl (C=O) groups excluding carboxylic acids is 1. The second-order valence-electron chi connectivity index (χ2n) is 4.95. The molecule has 0 aliphatic carbocycles. The van der Waals surface area contributed by atoms with Crippen molar-refractivity contribution >= 4 is 22.2 Å². The first-order valence-electron chi connectivity index (χ1n) is 6.78. The molecule has 3 rings (SSSR count). The third-order valence-corrected chi connectivity index (χ3v) is 4.10. The van der Waals surface area contributed by atoms with Crippen molar-refractivity contribution in [2.45, 2.75) is 20.3 Å². The van der Waals surface area contributed by atoms with Crippen molar-refractivity contribution in [2.75, 3.05) is 6.54 Å². The van der Waals surface area contributed by atoms with Crippen LogP contribution in [0.15, 0.2) is 29.6 Å². The highest BCUT2D eigenvalue weighted by atomic mass is 32.1. The van der Waals surface area contributed by atoms with Gasteiger partial charge in [0, 0.05) is 23.9 Å². The summed E-state index contributed by atoms with van der Waals surface area (Å²) >= 11 is 1.57. The fourth-order valence-electron chi connectivity index (χ4n) is 2.11. The Hall–Kier alpha value is -2.21. The molecule has 1 aromatic carbocycles. The van der Waals surface area contributed by atoms with E-state index in [9.17, 15) is 4.79 Å². The maximum atomic E-state index is 12.0. The Kier molecular flexibility index (Phi) is 3.70. The Bertz CT molecular complexity index is 773. The number of thiazole rings is 1. The molecule has 5 nitrogen and oxygen atoms in total. The second-order valence-corrected chi connectivity index (χ2v) is 5.79. The van der Waals surface area contributed by atoms with Crippen LogP contribution in [0.25, 0.3) is 4.96 Å². The number of aryl methyl sites for hydroxylation is 2. The first-order valence-corrected chi connectivity index (χ1v) is 7.66. The van der Waals surface area contributed by atoms with Crippen molar-refractivity contribution in [2.24, 2.45) is 0 Å². The van der Waals surface area contributed by atoms with Crippen LogP contribution >= 0.6 is 11.3 Å². The molecule has 2 heterocycles. The van der Waals surface area contributed by atoms with Gasteiger partial charge in [-0.15, -0.1) is 11.3 Å². The van der Waals surface area contributed by atoms with Crippen LogP contribution in [0.5, 0.6) is 0 Å². The Morgan fingerprint density at radius 2 is 2.05 bits per heavy atom. The van der Waals surface area contributed by atoms with Crippen molar-refractivity contribution in [3.05, 3.63) is 52.3 Å². The molecule has 0 saturated heterocycles. The van der Waals surface area contributed by atoms with Crippen molar-refractivity contribution < 1.29 is 4.79 Å². The number of hydrogen-bond acceptors (Lipinski definition) is 4. The summed E-state index contributed by atoms with van der Waals surface area (Å²) in [6.07, 6.45) is 0.737.